The van der Waals surface area contributed by atoms with E-state index in [1.165, 1.54) is 0 Å². The van der Waals surface area contributed by atoms with Crippen molar-refractivity contribution in [2.75, 3.05) is 36.5 Å². The fourth-order valence-corrected chi connectivity index (χ4v) is 4.65. The number of carbonyl (C=O) groups excluding carboxylic acids is 1. The van der Waals surface area contributed by atoms with E-state index >= 15 is 0 Å². The highest BCUT2D eigenvalue weighted by Crippen LogP contribution is 2.19. The SMILES string of the molecule is CCN(C(=O)CN(C)C1CCS(=O)(=O)C1)c1cccc(C)c1. The second kappa shape index (κ2) is 6.79. The van der Waals surface area contributed by atoms with E-state index < -0.39 is 9.84 Å². The van der Waals surface area contributed by atoms with Crippen LogP contribution < -0.4 is 4.90 Å². The minimum Gasteiger partial charge on any atom is -0.312 e. The molecule has 1 fully saturated rings. The first-order chi connectivity index (χ1) is 10.3. The van der Waals surface area contributed by atoms with Crippen molar-refractivity contribution in [2.45, 2.75) is 26.3 Å². The molecule has 1 aromatic rings. The molecule has 0 aromatic heterocycles. The van der Waals surface area contributed by atoms with Gasteiger partial charge in [0.25, 0.3) is 0 Å². The van der Waals surface area contributed by atoms with Crippen LogP contribution in [0.4, 0.5) is 5.69 Å². The molecule has 1 amide bonds. The van der Waals surface area contributed by atoms with Gasteiger partial charge >= 0.3 is 0 Å². The molecule has 6 heteroatoms. The average molecular weight is 324 g/mol. The van der Waals surface area contributed by atoms with Gasteiger partial charge in [-0.15, -0.1) is 0 Å². The standard InChI is InChI=1S/C16H24N2O3S/c1-4-18(14-7-5-6-13(2)10-14)16(19)11-17(3)15-8-9-22(20,21)12-15/h5-7,10,15H,4,8-9,11-12H2,1-3H3. The minimum absolute atomic E-state index is 0.0000945. The Morgan fingerprint density at radius 3 is 2.64 bits per heavy atom. The number of carbonyl (C=O) groups is 1. The maximum Gasteiger partial charge on any atom is 0.241 e. The molecule has 122 valence electrons. The lowest BCUT2D eigenvalue weighted by atomic mass is 10.2. The highest BCUT2D eigenvalue weighted by atomic mass is 32.2. The van der Waals surface area contributed by atoms with Crippen LogP contribution in [0.15, 0.2) is 24.3 Å². The van der Waals surface area contributed by atoms with Crippen LogP contribution in [0.3, 0.4) is 0 Å². The number of rotatable bonds is 5. The van der Waals surface area contributed by atoms with Crippen molar-refractivity contribution in [3.63, 3.8) is 0 Å². The van der Waals surface area contributed by atoms with E-state index in [1.54, 1.807) is 4.90 Å². The van der Waals surface area contributed by atoms with Crippen LogP contribution in [0, 0.1) is 6.92 Å². The second-order valence-electron chi connectivity index (χ2n) is 5.95. The maximum absolute atomic E-state index is 12.5. The van der Waals surface area contributed by atoms with Gasteiger partial charge in [0.2, 0.25) is 5.91 Å². The van der Waals surface area contributed by atoms with Crippen LogP contribution >= 0.6 is 0 Å². The van der Waals surface area contributed by atoms with Gasteiger partial charge in [-0.2, -0.15) is 0 Å². The van der Waals surface area contributed by atoms with Gasteiger partial charge in [-0.3, -0.25) is 9.69 Å². The van der Waals surface area contributed by atoms with Gasteiger partial charge in [-0.25, -0.2) is 8.42 Å². The van der Waals surface area contributed by atoms with E-state index in [9.17, 15) is 13.2 Å². The topological polar surface area (TPSA) is 57.7 Å². The Hall–Kier alpha value is -1.40. The lowest BCUT2D eigenvalue weighted by molar-refractivity contribution is -0.119. The molecule has 1 atom stereocenters. The number of amides is 1. The quantitative estimate of drug-likeness (QED) is 0.823. The van der Waals surface area contributed by atoms with E-state index in [4.69, 9.17) is 0 Å². The summed E-state index contributed by atoms with van der Waals surface area (Å²) in [4.78, 5) is 16.2. The predicted octanol–water partition coefficient (Wildman–Crippen LogP) is 1.47. The Morgan fingerprint density at radius 1 is 1.36 bits per heavy atom. The summed E-state index contributed by atoms with van der Waals surface area (Å²) in [7, 11) is -1.10. The molecule has 1 aromatic carbocycles. The molecule has 0 spiro atoms. The summed E-state index contributed by atoms with van der Waals surface area (Å²) >= 11 is 0. The molecule has 0 saturated carbocycles. The number of hydrogen-bond acceptors (Lipinski definition) is 4. The molecule has 0 N–H and O–H groups in total. The van der Waals surface area contributed by atoms with E-state index in [1.807, 2.05) is 50.1 Å². The van der Waals surface area contributed by atoms with Crippen molar-refractivity contribution in [3.8, 4) is 0 Å². The Labute approximate surface area is 132 Å². The van der Waals surface area contributed by atoms with Crippen LogP contribution in [0.2, 0.25) is 0 Å². The summed E-state index contributed by atoms with van der Waals surface area (Å²) in [6, 6.07) is 7.80. The van der Waals surface area contributed by atoms with Crippen LogP contribution in [0.25, 0.3) is 0 Å². The lowest BCUT2D eigenvalue weighted by Crippen LogP contribution is -2.43. The largest absolute Gasteiger partial charge is 0.312 e. The lowest BCUT2D eigenvalue weighted by Gasteiger charge is -2.27. The normalized spacial score (nSPS) is 20.3. The smallest absolute Gasteiger partial charge is 0.241 e. The molecule has 0 aliphatic carbocycles. The number of anilines is 1. The van der Waals surface area contributed by atoms with E-state index in [0.29, 0.717) is 13.0 Å². The van der Waals surface area contributed by atoms with Gasteiger partial charge in [-0.05, 0) is 45.0 Å². The number of sulfone groups is 1. The van der Waals surface area contributed by atoms with E-state index in [2.05, 4.69) is 0 Å². The molecule has 5 nitrogen and oxygen atoms in total. The zero-order valence-corrected chi connectivity index (χ0v) is 14.3. The van der Waals surface area contributed by atoms with Gasteiger partial charge in [0.1, 0.15) is 0 Å². The van der Waals surface area contributed by atoms with Crippen molar-refractivity contribution in [3.05, 3.63) is 29.8 Å². The van der Waals surface area contributed by atoms with Crippen LogP contribution in [0.1, 0.15) is 18.9 Å². The maximum atomic E-state index is 12.5. The fraction of sp³-hybridized carbons (Fsp3) is 0.562. The molecule has 1 aliphatic heterocycles. The van der Waals surface area contributed by atoms with Gasteiger partial charge in [0.05, 0.1) is 18.1 Å². The Morgan fingerprint density at radius 2 is 2.09 bits per heavy atom. The van der Waals surface area contributed by atoms with E-state index in [-0.39, 0.29) is 30.0 Å². The summed E-state index contributed by atoms with van der Waals surface area (Å²) in [5, 5.41) is 0. The predicted molar refractivity (Wildman–Crippen MR) is 88.9 cm³/mol. The van der Waals surface area contributed by atoms with Crippen LogP contribution in [0.5, 0.6) is 0 Å². The highest BCUT2D eigenvalue weighted by Gasteiger charge is 2.31. The molecular formula is C16H24N2O3S. The van der Waals surface area contributed by atoms with Crippen LogP contribution in [-0.2, 0) is 14.6 Å². The van der Waals surface area contributed by atoms with Crippen molar-refractivity contribution >= 4 is 21.4 Å². The fourth-order valence-electron chi connectivity index (χ4n) is 2.85. The zero-order chi connectivity index (χ0) is 16.3. The minimum atomic E-state index is -2.93. The molecule has 1 aliphatic rings. The third-order valence-electron chi connectivity index (χ3n) is 4.15. The number of nitrogens with zero attached hydrogens (tertiary/aromatic N) is 2. The number of likely N-dealkylation sites (N-methyl/N-ethyl adjacent to an activating group) is 2. The molecule has 1 saturated heterocycles. The summed E-state index contributed by atoms with van der Waals surface area (Å²) < 4.78 is 23.1. The van der Waals surface area contributed by atoms with Crippen molar-refractivity contribution < 1.29 is 13.2 Å². The highest BCUT2D eigenvalue weighted by molar-refractivity contribution is 7.91. The molecule has 2 rings (SSSR count). The second-order valence-corrected chi connectivity index (χ2v) is 8.18. The summed E-state index contributed by atoms with van der Waals surface area (Å²) in [6.45, 7) is 4.78. The van der Waals surface area contributed by atoms with Gasteiger partial charge in [0.15, 0.2) is 9.84 Å². The van der Waals surface area contributed by atoms with Crippen molar-refractivity contribution in [2.24, 2.45) is 0 Å². The summed E-state index contributed by atoms with van der Waals surface area (Å²) in [5.74, 6) is 0.388. The number of hydrogen-bond donors (Lipinski definition) is 0. The van der Waals surface area contributed by atoms with Gasteiger partial charge in [-0.1, -0.05) is 12.1 Å². The first-order valence-electron chi connectivity index (χ1n) is 7.60. The Kier molecular flexibility index (Phi) is 5.24. The Bertz CT molecular complexity index is 643. The summed E-state index contributed by atoms with van der Waals surface area (Å²) in [6.07, 6.45) is 0.614. The van der Waals surface area contributed by atoms with Crippen molar-refractivity contribution in [1.29, 1.82) is 0 Å². The molecule has 1 heterocycles. The average Bonchev–Trinajstić information content (AvgIpc) is 2.80. The first-order valence-corrected chi connectivity index (χ1v) is 9.42. The monoisotopic (exact) mass is 324 g/mol. The van der Waals surface area contributed by atoms with E-state index in [0.717, 1.165) is 11.3 Å². The zero-order valence-electron chi connectivity index (χ0n) is 13.4. The number of aryl methyl sites for hydroxylation is 1. The van der Waals surface area contributed by atoms with Gasteiger partial charge < -0.3 is 4.90 Å². The van der Waals surface area contributed by atoms with Crippen molar-refractivity contribution in [1.82, 2.24) is 4.90 Å². The molecule has 1 unspecified atom stereocenters. The number of benzene rings is 1. The molecule has 22 heavy (non-hydrogen) atoms. The third-order valence-corrected chi connectivity index (χ3v) is 5.90. The Balaban J connectivity index is 2.03. The molecule has 0 bridgehead atoms. The first kappa shape index (κ1) is 17.0. The molecule has 0 radical (unpaired) electrons. The molecular weight excluding hydrogens is 300 g/mol. The summed E-state index contributed by atoms with van der Waals surface area (Å²) in [5.41, 5.74) is 2.00. The van der Waals surface area contributed by atoms with Gasteiger partial charge in [0, 0.05) is 18.3 Å². The van der Waals surface area contributed by atoms with Crippen LogP contribution in [-0.4, -0.2) is 56.9 Å². The third kappa shape index (κ3) is 4.08.